The second-order valence-corrected chi connectivity index (χ2v) is 6.10. The van der Waals surface area contributed by atoms with Gasteiger partial charge in [0.05, 0.1) is 6.04 Å². The van der Waals surface area contributed by atoms with Crippen LogP contribution in [0, 0.1) is 13.8 Å². The second kappa shape index (κ2) is 6.40. The number of para-hydroxylation sites is 1. The SMILES string of the molecule is Cc1cccc(C)c1NC(=O)C1CCCCN1C(C)C. The van der Waals surface area contributed by atoms with Gasteiger partial charge in [-0.3, -0.25) is 9.69 Å². The topological polar surface area (TPSA) is 32.3 Å². The Bertz CT molecular complexity index is 462. The van der Waals surface area contributed by atoms with Gasteiger partial charge in [0.15, 0.2) is 0 Å². The van der Waals surface area contributed by atoms with E-state index in [-0.39, 0.29) is 11.9 Å². The lowest BCUT2D eigenvalue weighted by atomic mass is 9.99. The lowest BCUT2D eigenvalue weighted by molar-refractivity contribution is -0.123. The van der Waals surface area contributed by atoms with E-state index in [1.54, 1.807) is 0 Å². The molecule has 3 nitrogen and oxygen atoms in total. The molecule has 0 saturated carbocycles. The van der Waals surface area contributed by atoms with Crippen molar-refractivity contribution < 1.29 is 4.79 Å². The molecule has 1 saturated heterocycles. The maximum absolute atomic E-state index is 12.6. The van der Waals surface area contributed by atoms with Gasteiger partial charge in [0.2, 0.25) is 5.91 Å². The Labute approximate surface area is 122 Å². The van der Waals surface area contributed by atoms with Gasteiger partial charge in [0, 0.05) is 11.7 Å². The summed E-state index contributed by atoms with van der Waals surface area (Å²) in [6.45, 7) is 9.46. The smallest absolute Gasteiger partial charge is 0.241 e. The molecule has 0 spiro atoms. The van der Waals surface area contributed by atoms with Gasteiger partial charge in [0.25, 0.3) is 0 Å². The van der Waals surface area contributed by atoms with Gasteiger partial charge in [-0.15, -0.1) is 0 Å². The van der Waals surface area contributed by atoms with Crippen LogP contribution in [0.2, 0.25) is 0 Å². The molecule has 1 atom stereocenters. The average molecular weight is 274 g/mol. The molecule has 0 radical (unpaired) electrons. The van der Waals surface area contributed by atoms with E-state index in [0.717, 1.165) is 36.2 Å². The van der Waals surface area contributed by atoms with Crippen molar-refractivity contribution in [1.82, 2.24) is 4.90 Å². The van der Waals surface area contributed by atoms with Crippen LogP contribution in [0.4, 0.5) is 5.69 Å². The number of likely N-dealkylation sites (tertiary alicyclic amines) is 1. The number of aryl methyl sites for hydroxylation is 2. The normalized spacial score (nSPS) is 20.1. The molecule has 1 aliphatic rings. The molecule has 20 heavy (non-hydrogen) atoms. The van der Waals surface area contributed by atoms with Crippen LogP contribution in [-0.4, -0.2) is 29.4 Å². The van der Waals surface area contributed by atoms with Gasteiger partial charge in [-0.1, -0.05) is 24.6 Å². The van der Waals surface area contributed by atoms with Crippen LogP contribution in [0.3, 0.4) is 0 Å². The summed E-state index contributed by atoms with van der Waals surface area (Å²) in [7, 11) is 0. The fourth-order valence-electron chi connectivity index (χ4n) is 3.07. The van der Waals surface area contributed by atoms with Crippen LogP contribution in [-0.2, 0) is 4.79 Å². The minimum Gasteiger partial charge on any atom is -0.324 e. The monoisotopic (exact) mass is 274 g/mol. The number of hydrogen-bond donors (Lipinski definition) is 1. The molecule has 1 N–H and O–H groups in total. The van der Waals surface area contributed by atoms with Gasteiger partial charge < -0.3 is 5.32 Å². The number of piperidine rings is 1. The Balaban J connectivity index is 2.14. The van der Waals surface area contributed by atoms with Crippen LogP contribution in [0.1, 0.15) is 44.2 Å². The van der Waals surface area contributed by atoms with E-state index in [9.17, 15) is 4.79 Å². The Kier molecular flexibility index (Phi) is 4.81. The number of nitrogens with zero attached hydrogens (tertiary/aromatic N) is 1. The maximum atomic E-state index is 12.6. The molecule has 0 aromatic heterocycles. The Morgan fingerprint density at radius 3 is 2.50 bits per heavy atom. The predicted octanol–water partition coefficient (Wildman–Crippen LogP) is 3.50. The molecule has 110 valence electrons. The molecule has 0 aliphatic carbocycles. The first kappa shape index (κ1) is 15.0. The lowest BCUT2D eigenvalue weighted by Gasteiger charge is -2.37. The number of benzene rings is 1. The highest BCUT2D eigenvalue weighted by Gasteiger charge is 2.30. The van der Waals surface area contributed by atoms with Gasteiger partial charge >= 0.3 is 0 Å². The number of nitrogens with one attached hydrogen (secondary N) is 1. The highest BCUT2D eigenvalue weighted by Crippen LogP contribution is 2.24. The quantitative estimate of drug-likeness (QED) is 0.915. The van der Waals surface area contributed by atoms with Crippen molar-refractivity contribution in [1.29, 1.82) is 0 Å². The molecule has 1 unspecified atom stereocenters. The summed E-state index contributed by atoms with van der Waals surface area (Å²) in [4.78, 5) is 15.0. The molecule has 1 aromatic carbocycles. The van der Waals surface area contributed by atoms with Crippen LogP contribution in [0.15, 0.2) is 18.2 Å². The second-order valence-electron chi connectivity index (χ2n) is 6.10. The van der Waals surface area contributed by atoms with Gasteiger partial charge in [-0.25, -0.2) is 0 Å². The molecule has 2 rings (SSSR count). The summed E-state index contributed by atoms with van der Waals surface area (Å²) in [5.41, 5.74) is 3.24. The van der Waals surface area contributed by atoms with Crippen molar-refractivity contribution in [2.24, 2.45) is 0 Å². The lowest BCUT2D eigenvalue weighted by Crippen LogP contribution is -2.50. The Morgan fingerprint density at radius 2 is 1.90 bits per heavy atom. The summed E-state index contributed by atoms with van der Waals surface area (Å²) < 4.78 is 0. The van der Waals surface area contributed by atoms with Gasteiger partial charge in [0.1, 0.15) is 0 Å². The van der Waals surface area contributed by atoms with Crippen molar-refractivity contribution in [3.8, 4) is 0 Å². The first-order chi connectivity index (χ1) is 9.50. The summed E-state index contributed by atoms with van der Waals surface area (Å²) in [5, 5.41) is 3.15. The Morgan fingerprint density at radius 1 is 1.25 bits per heavy atom. The highest BCUT2D eigenvalue weighted by molar-refractivity contribution is 5.96. The van der Waals surface area contributed by atoms with Crippen LogP contribution < -0.4 is 5.32 Å². The number of amides is 1. The molecule has 1 heterocycles. The van der Waals surface area contributed by atoms with Crippen molar-refractivity contribution in [2.45, 2.75) is 59.0 Å². The number of hydrogen-bond acceptors (Lipinski definition) is 2. The van der Waals surface area contributed by atoms with Gasteiger partial charge in [-0.05, 0) is 58.2 Å². The van der Waals surface area contributed by atoms with Crippen molar-refractivity contribution >= 4 is 11.6 Å². The highest BCUT2D eigenvalue weighted by atomic mass is 16.2. The Hall–Kier alpha value is -1.35. The fourth-order valence-corrected chi connectivity index (χ4v) is 3.07. The van der Waals surface area contributed by atoms with E-state index in [4.69, 9.17) is 0 Å². The third-order valence-corrected chi connectivity index (χ3v) is 4.24. The minimum absolute atomic E-state index is 0.0164. The fraction of sp³-hybridized carbons (Fsp3) is 0.588. The van der Waals surface area contributed by atoms with Gasteiger partial charge in [-0.2, -0.15) is 0 Å². The number of carbonyl (C=O) groups is 1. The predicted molar refractivity (Wildman–Crippen MR) is 84.0 cm³/mol. The largest absolute Gasteiger partial charge is 0.324 e. The van der Waals surface area contributed by atoms with Crippen molar-refractivity contribution in [3.05, 3.63) is 29.3 Å². The molecular formula is C17H26N2O. The van der Waals surface area contributed by atoms with Crippen LogP contribution in [0.5, 0.6) is 0 Å². The van der Waals surface area contributed by atoms with E-state index in [2.05, 4.69) is 24.1 Å². The minimum atomic E-state index is 0.0164. The first-order valence-electron chi connectivity index (χ1n) is 7.63. The van der Waals surface area contributed by atoms with E-state index in [1.165, 1.54) is 6.42 Å². The summed E-state index contributed by atoms with van der Waals surface area (Å²) in [6, 6.07) is 6.56. The summed E-state index contributed by atoms with van der Waals surface area (Å²) >= 11 is 0. The first-order valence-corrected chi connectivity index (χ1v) is 7.63. The van der Waals surface area contributed by atoms with Crippen molar-refractivity contribution in [3.63, 3.8) is 0 Å². The number of rotatable bonds is 3. The molecule has 1 fully saturated rings. The number of carbonyl (C=O) groups excluding carboxylic acids is 1. The van der Waals surface area contributed by atoms with Crippen molar-refractivity contribution in [2.75, 3.05) is 11.9 Å². The van der Waals surface area contributed by atoms with Crippen LogP contribution >= 0.6 is 0 Å². The van der Waals surface area contributed by atoms with E-state index in [0.29, 0.717) is 6.04 Å². The molecule has 1 amide bonds. The molecule has 1 aromatic rings. The number of anilines is 1. The molecule has 1 aliphatic heterocycles. The standard InChI is InChI=1S/C17H26N2O/c1-12(2)19-11-6-5-10-15(19)17(20)18-16-13(3)8-7-9-14(16)4/h7-9,12,15H,5-6,10-11H2,1-4H3,(H,18,20). The third-order valence-electron chi connectivity index (χ3n) is 4.24. The van der Waals surface area contributed by atoms with Crippen LogP contribution in [0.25, 0.3) is 0 Å². The molecule has 0 bridgehead atoms. The van der Waals surface area contributed by atoms with E-state index >= 15 is 0 Å². The maximum Gasteiger partial charge on any atom is 0.241 e. The third kappa shape index (κ3) is 3.21. The zero-order chi connectivity index (χ0) is 14.7. The molecule has 3 heteroatoms. The molecular weight excluding hydrogens is 248 g/mol. The summed E-state index contributed by atoms with van der Waals surface area (Å²) in [6.07, 6.45) is 3.31. The average Bonchev–Trinajstić information content (AvgIpc) is 2.43. The summed E-state index contributed by atoms with van der Waals surface area (Å²) in [5.74, 6) is 0.149. The zero-order valence-corrected chi connectivity index (χ0v) is 13.1. The van der Waals surface area contributed by atoms with E-state index < -0.39 is 0 Å². The van der Waals surface area contributed by atoms with E-state index in [1.807, 2.05) is 32.0 Å². The zero-order valence-electron chi connectivity index (χ0n) is 13.1.